The molecule has 82 valence electrons. The van der Waals surface area contributed by atoms with Gasteiger partial charge in [0.05, 0.1) is 6.04 Å². The number of nitrogens with one attached hydrogen (secondary N) is 1. The maximum absolute atomic E-state index is 8.56. The average molecular weight is 224 g/mol. The Morgan fingerprint density at radius 3 is 2.73 bits per heavy atom. The molecule has 1 atom stereocenters. The summed E-state index contributed by atoms with van der Waals surface area (Å²) in [6.07, 6.45) is 6.42. The molecule has 15 heavy (non-hydrogen) atoms. The second-order valence-corrected chi connectivity index (χ2v) is 4.88. The molecule has 0 aliphatic carbocycles. The summed E-state index contributed by atoms with van der Waals surface area (Å²) in [4.78, 5) is 7.10. The molecule has 0 amide bonds. The molecule has 3 fully saturated rings. The van der Waals surface area contributed by atoms with E-state index in [0.29, 0.717) is 6.04 Å². The molecule has 1 unspecified atom stereocenters. The number of amidine groups is 1. The van der Waals surface area contributed by atoms with Crippen molar-refractivity contribution in [2.45, 2.75) is 18.9 Å². The fourth-order valence-corrected chi connectivity index (χ4v) is 2.80. The van der Waals surface area contributed by atoms with Crippen LogP contribution in [0.3, 0.4) is 0 Å². The van der Waals surface area contributed by atoms with Crippen molar-refractivity contribution in [3.05, 3.63) is 0 Å². The van der Waals surface area contributed by atoms with Gasteiger partial charge in [-0.05, 0) is 38.1 Å². The highest BCUT2D eigenvalue weighted by atomic mass is 32.2. The van der Waals surface area contributed by atoms with Crippen LogP contribution in [0.2, 0.25) is 0 Å². The fraction of sp³-hybridized carbons (Fsp3) is 0.800. The smallest absolute Gasteiger partial charge is 0.183 e. The second kappa shape index (κ2) is 4.86. The molecule has 3 aliphatic rings. The van der Waals surface area contributed by atoms with Crippen LogP contribution in [0.4, 0.5) is 0 Å². The van der Waals surface area contributed by atoms with E-state index >= 15 is 0 Å². The Kier molecular flexibility index (Phi) is 3.49. The quantitative estimate of drug-likeness (QED) is 0.311. The van der Waals surface area contributed by atoms with Crippen molar-refractivity contribution in [2.75, 3.05) is 25.9 Å². The number of nitriles is 1. The summed E-state index contributed by atoms with van der Waals surface area (Å²) in [5.74, 6) is 0.734. The number of hydrogen-bond donors (Lipinski definition) is 1. The van der Waals surface area contributed by atoms with Gasteiger partial charge in [0.15, 0.2) is 11.4 Å². The molecule has 5 heteroatoms. The van der Waals surface area contributed by atoms with E-state index in [1.165, 1.54) is 37.7 Å². The zero-order valence-electron chi connectivity index (χ0n) is 8.94. The number of aliphatic imine (C=N–C) groups is 1. The van der Waals surface area contributed by atoms with Crippen LogP contribution in [-0.4, -0.2) is 42.0 Å². The molecule has 3 aliphatic heterocycles. The lowest BCUT2D eigenvalue weighted by atomic mass is 9.84. The molecular formula is C10H16N4S. The minimum absolute atomic E-state index is 0.399. The highest BCUT2D eigenvalue weighted by molar-refractivity contribution is 8.13. The van der Waals surface area contributed by atoms with Gasteiger partial charge in [0.1, 0.15) is 0 Å². The van der Waals surface area contributed by atoms with Gasteiger partial charge in [-0.1, -0.05) is 11.8 Å². The van der Waals surface area contributed by atoms with Crippen LogP contribution in [0.1, 0.15) is 12.8 Å². The highest BCUT2D eigenvalue weighted by Gasteiger charge is 2.33. The number of hydrogen-bond acceptors (Lipinski definition) is 4. The van der Waals surface area contributed by atoms with Crippen LogP contribution < -0.4 is 5.32 Å². The monoisotopic (exact) mass is 224 g/mol. The Labute approximate surface area is 94.7 Å². The van der Waals surface area contributed by atoms with Crippen LogP contribution in [0.5, 0.6) is 0 Å². The maximum Gasteiger partial charge on any atom is 0.183 e. The summed E-state index contributed by atoms with van der Waals surface area (Å²) in [7, 11) is 0. The zero-order chi connectivity index (χ0) is 10.7. The van der Waals surface area contributed by atoms with Crippen LogP contribution in [0, 0.1) is 17.4 Å². The number of rotatable bonds is 1. The third-order valence-electron chi connectivity index (χ3n) is 3.26. The summed E-state index contributed by atoms with van der Waals surface area (Å²) in [6.45, 7) is 3.54. The van der Waals surface area contributed by atoms with Gasteiger partial charge >= 0.3 is 0 Å². The van der Waals surface area contributed by atoms with E-state index in [0.717, 1.165) is 17.6 Å². The molecule has 0 aromatic rings. The molecule has 0 aromatic carbocycles. The molecule has 3 heterocycles. The van der Waals surface area contributed by atoms with Gasteiger partial charge in [0, 0.05) is 6.54 Å². The van der Waals surface area contributed by atoms with Crippen LogP contribution in [0.15, 0.2) is 4.99 Å². The first-order valence-corrected chi connectivity index (χ1v) is 6.55. The van der Waals surface area contributed by atoms with Gasteiger partial charge in [0.2, 0.25) is 0 Å². The Morgan fingerprint density at radius 1 is 1.53 bits per heavy atom. The normalized spacial score (nSPS) is 34.9. The first kappa shape index (κ1) is 10.8. The van der Waals surface area contributed by atoms with Crippen molar-refractivity contribution >= 4 is 16.9 Å². The van der Waals surface area contributed by atoms with Crippen molar-refractivity contribution in [3.8, 4) is 6.19 Å². The Bertz CT molecular complexity index is 288. The van der Waals surface area contributed by atoms with Crippen molar-refractivity contribution < 1.29 is 0 Å². The van der Waals surface area contributed by atoms with E-state index in [1.807, 2.05) is 12.4 Å². The first-order chi connectivity index (χ1) is 7.33. The molecular weight excluding hydrogens is 208 g/mol. The van der Waals surface area contributed by atoms with Gasteiger partial charge in [-0.15, -0.1) is 0 Å². The van der Waals surface area contributed by atoms with Crippen molar-refractivity contribution in [3.63, 3.8) is 0 Å². The summed E-state index contributed by atoms with van der Waals surface area (Å²) >= 11 is 1.51. The van der Waals surface area contributed by atoms with E-state index in [-0.39, 0.29) is 0 Å². The van der Waals surface area contributed by atoms with E-state index in [9.17, 15) is 0 Å². The zero-order valence-corrected chi connectivity index (χ0v) is 9.76. The van der Waals surface area contributed by atoms with Gasteiger partial charge in [-0.25, -0.2) is 0 Å². The number of nitrogens with zero attached hydrogens (tertiary/aromatic N) is 3. The van der Waals surface area contributed by atoms with E-state index in [2.05, 4.69) is 15.2 Å². The molecule has 2 bridgehead atoms. The van der Waals surface area contributed by atoms with Crippen molar-refractivity contribution in [2.24, 2.45) is 10.9 Å². The number of piperidine rings is 3. The fourth-order valence-electron chi connectivity index (χ4n) is 2.41. The second-order valence-electron chi connectivity index (χ2n) is 4.08. The van der Waals surface area contributed by atoms with Gasteiger partial charge in [0.25, 0.3) is 0 Å². The van der Waals surface area contributed by atoms with Gasteiger partial charge in [-0.2, -0.15) is 5.26 Å². The lowest BCUT2D eigenvalue weighted by molar-refractivity contribution is 0.0906. The lowest BCUT2D eigenvalue weighted by Gasteiger charge is -2.43. The van der Waals surface area contributed by atoms with Crippen LogP contribution >= 0.6 is 11.8 Å². The van der Waals surface area contributed by atoms with E-state index in [4.69, 9.17) is 5.26 Å². The van der Waals surface area contributed by atoms with Crippen molar-refractivity contribution in [1.29, 1.82) is 5.26 Å². The van der Waals surface area contributed by atoms with E-state index < -0.39 is 0 Å². The molecule has 0 spiro atoms. The molecule has 0 radical (unpaired) electrons. The third-order valence-corrected chi connectivity index (χ3v) is 3.86. The average Bonchev–Trinajstić information content (AvgIpc) is 2.30. The van der Waals surface area contributed by atoms with Gasteiger partial charge in [-0.3, -0.25) is 10.3 Å². The van der Waals surface area contributed by atoms with E-state index in [1.54, 1.807) is 0 Å². The minimum Gasteiger partial charge on any atom is -0.301 e. The molecule has 0 saturated carbocycles. The Hall–Kier alpha value is -0.730. The molecule has 4 nitrogen and oxygen atoms in total. The predicted octanol–water partition coefficient (Wildman–Crippen LogP) is 0.870. The largest absolute Gasteiger partial charge is 0.301 e. The number of thioether (sulfide) groups is 1. The first-order valence-electron chi connectivity index (χ1n) is 5.32. The Morgan fingerprint density at radius 2 is 2.27 bits per heavy atom. The standard InChI is InChI=1S/C10H16N4S/c1-15-10(12-7-11)13-9-6-14-4-2-8(9)3-5-14/h8-9H,2-6H2,1H3,(H,12,13). The summed E-state index contributed by atoms with van der Waals surface area (Å²) in [5.41, 5.74) is 0. The van der Waals surface area contributed by atoms with Crippen LogP contribution in [-0.2, 0) is 0 Å². The summed E-state index contributed by atoms with van der Waals surface area (Å²) in [5, 5.41) is 12.0. The topological polar surface area (TPSA) is 51.4 Å². The Balaban J connectivity index is 2.02. The highest BCUT2D eigenvalue weighted by Crippen LogP contribution is 2.29. The minimum atomic E-state index is 0.399. The predicted molar refractivity (Wildman–Crippen MR) is 62.7 cm³/mol. The van der Waals surface area contributed by atoms with Gasteiger partial charge < -0.3 is 4.90 Å². The SMILES string of the molecule is CSC(=NC1CN2CCC1CC2)NC#N. The number of fused-ring (bicyclic) bond motifs is 3. The van der Waals surface area contributed by atoms with Crippen molar-refractivity contribution in [1.82, 2.24) is 10.2 Å². The molecule has 3 rings (SSSR count). The van der Waals surface area contributed by atoms with Crippen LogP contribution in [0.25, 0.3) is 0 Å². The molecule has 1 N–H and O–H groups in total. The maximum atomic E-state index is 8.56. The molecule has 3 saturated heterocycles. The third kappa shape index (κ3) is 2.44. The summed E-state index contributed by atoms with van der Waals surface area (Å²) < 4.78 is 0. The lowest BCUT2D eigenvalue weighted by Crippen LogP contribution is -2.50. The summed E-state index contributed by atoms with van der Waals surface area (Å²) in [6, 6.07) is 0.399. The molecule has 0 aromatic heterocycles.